The van der Waals surface area contributed by atoms with Crippen molar-refractivity contribution in [2.75, 3.05) is 6.54 Å². The van der Waals surface area contributed by atoms with Crippen LogP contribution in [0.4, 0.5) is 0 Å². The molecule has 2 heteroatoms. The second-order valence-electron chi connectivity index (χ2n) is 7.00. The van der Waals surface area contributed by atoms with Crippen LogP contribution in [0.15, 0.2) is 18.2 Å². The van der Waals surface area contributed by atoms with Gasteiger partial charge in [0, 0.05) is 19.0 Å². The van der Waals surface area contributed by atoms with E-state index in [2.05, 4.69) is 58.1 Å². The second kappa shape index (κ2) is 6.83. The zero-order valence-corrected chi connectivity index (χ0v) is 14.3. The van der Waals surface area contributed by atoms with Crippen molar-refractivity contribution in [3.05, 3.63) is 29.3 Å². The Morgan fingerprint density at radius 3 is 2.62 bits per heavy atom. The first kappa shape index (κ1) is 16.4. The molecule has 118 valence electrons. The van der Waals surface area contributed by atoms with E-state index in [1.807, 2.05) is 0 Å². The Bertz CT molecular complexity index is 463. The molecule has 1 unspecified atom stereocenters. The van der Waals surface area contributed by atoms with Crippen molar-refractivity contribution in [2.24, 2.45) is 5.41 Å². The van der Waals surface area contributed by atoms with E-state index in [4.69, 9.17) is 4.74 Å². The molecule has 0 amide bonds. The summed E-state index contributed by atoms with van der Waals surface area (Å²) in [5, 5.41) is 3.64. The highest BCUT2D eigenvalue weighted by atomic mass is 16.5. The zero-order chi connectivity index (χ0) is 15.5. The number of benzene rings is 1. The molecule has 1 atom stereocenters. The topological polar surface area (TPSA) is 21.3 Å². The van der Waals surface area contributed by atoms with E-state index in [1.165, 1.54) is 24.0 Å². The fourth-order valence-electron chi connectivity index (χ4n) is 3.33. The van der Waals surface area contributed by atoms with E-state index in [9.17, 15) is 0 Å². The third kappa shape index (κ3) is 4.00. The first-order valence-electron chi connectivity index (χ1n) is 8.47. The normalized spacial score (nSPS) is 17.9. The molecule has 0 fully saturated rings. The van der Waals surface area contributed by atoms with Crippen LogP contribution in [0, 0.1) is 12.3 Å². The average Bonchev–Trinajstić information content (AvgIpc) is 2.84. The van der Waals surface area contributed by atoms with Gasteiger partial charge in [-0.25, -0.2) is 0 Å². The first-order chi connectivity index (χ1) is 9.98. The Labute approximate surface area is 130 Å². The summed E-state index contributed by atoms with van der Waals surface area (Å²) in [5.41, 5.74) is 3.07. The standard InChI is InChI=1S/C19H31NO/c1-6-19(7-2,13-20-14(3)4)12-17-11-16-10-15(5)8-9-18(16)21-17/h8-10,14,17,20H,6-7,11-13H2,1-5H3. The van der Waals surface area contributed by atoms with Gasteiger partial charge >= 0.3 is 0 Å². The Morgan fingerprint density at radius 2 is 2.00 bits per heavy atom. The highest BCUT2D eigenvalue weighted by Gasteiger charge is 2.33. The maximum absolute atomic E-state index is 6.20. The minimum Gasteiger partial charge on any atom is -0.490 e. The number of aryl methyl sites for hydroxylation is 1. The van der Waals surface area contributed by atoms with Gasteiger partial charge < -0.3 is 10.1 Å². The number of hydrogen-bond acceptors (Lipinski definition) is 2. The van der Waals surface area contributed by atoms with Crippen LogP contribution in [0.1, 0.15) is 58.1 Å². The average molecular weight is 289 g/mol. The van der Waals surface area contributed by atoms with E-state index < -0.39 is 0 Å². The molecule has 1 N–H and O–H groups in total. The Kier molecular flexibility index (Phi) is 5.32. The summed E-state index contributed by atoms with van der Waals surface area (Å²) >= 11 is 0. The molecule has 1 aliphatic heterocycles. The van der Waals surface area contributed by atoms with Crippen molar-refractivity contribution < 1.29 is 4.74 Å². The first-order valence-corrected chi connectivity index (χ1v) is 8.47. The van der Waals surface area contributed by atoms with Crippen molar-refractivity contribution in [1.29, 1.82) is 0 Å². The molecule has 2 nitrogen and oxygen atoms in total. The van der Waals surface area contributed by atoms with Gasteiger partial charge in [0.25, 0.3) is 0 Å². The van der Waals surface area contributed by atoms with Gasteiger partial charge in [0.2, 0.25) is 0 Å². The molecule has 21 heavy (non-hydrogen) atoms. The number of ether oxygens (including phenoxy) is 1. The van der Waals surface area contributed by atoms with Crippen LogP contribution in [-0.2, 0) is 6.42 Å². The number of fused-ring (bicyclic) bond motifs is 1. The monoisotopic (exact) mass is 289 g/mol. The molecule has 0 saturated carbocycles. The fourth-order valence-corrected chi connectivity index (χ4v) is 3.33. The lowest BCUT2D eigenvalue weighted by atomic mass is 9.76. The van der Waals surface area contributed by atoms with E-state index in [0.717, 1.165) is 25.1 Å². The van der Waals surface area contributed by atoms with Gasteiger partial charge in [-0.05, 0) is 43.2 Å². The molecule has 1 heterocycles. The van der Waals surface area contributed by atoms with Crippen LogP contribution in [-0.4, -0.2) is 18.7 Å². The molecule has 0 aliphatic carbocycles. The van der Waals surface area contributed by atoms with Crippen LogP contribution >= 0.6 is 0 Å². The van der Waals surface area contributed by atoms with Crippen LogP contribution in [0.2, 0.25) is 0 Å². The van der Waals surface area contributed by atoms with Gasteiger partial charge in [-0.3, -0.25) is 0 Å². The van der Waals surface area contributed by atoms with Gasteiger partial charge in [0.1, 0.15) is 11.9 Å². The minimum atomic E-state index is 0.343. The third-order valence-corrected chi connectivity index (χ3v) is 5.00. The summed E-state index contributed by atoms with van der Waals surface area (Å²) in [7, 11) is 0. The highest BCUT2D eigenvalue weighted by Crippen LogP contribution is 2.38. The Hall–Kier alpha value is -1.02. The summed E-state index contributed by atoms with van der Waals surface area (Å²) in [6, 6.07) is 7.11. The van der Waals surface area contributed by atoms with Crippen molar-refractivity contribution in [3.8, 4) is 5.75 Å². The second-order valence-corrected chi connectivity index (χ2v) is 7.00. The molecule has 0 saturated heterocycles. The summed E-state index contributed by atoms with van der Waals surface area (Å²) in [6.45, 7) is 12.3. The van der Waals surface area contributed by atoms with Crippen LogP contribution in [0.5, 0.6) is 5.75 Å². The lowest BCUT2D eigenvalue weighted by molar-refractivity contribution is 0.120. The van der Waals surface area contributed by atoms with E-state index in [0.29, 0.717) is 17.6 Å². The van der Waals surface area contributed by atoms with Crippen molar-refractivity contribution >= 4 is 0 Å². The van der Waals surface area contributed by atoms with Crippen LogP contribution < -0.4 is 10.1 Å². The minimum absolute atomic E-state index is 0.343. The molecule has 0 bridgehead atoms. The van der Waals surface area contributed by atoms with Gasteiger partial charge in [0.05, 0.1) is 0 Å². The van der Waals surface area contributed by atoms with E-state index in [1.54, 1.807) is 0 Å². The van der Waals surface area contributed by atoms with Crippen LogP contribution in [0.3, 0.4) is 0 Å². The third-order valence-electron chi connectivity index (χ3n) is 5.00. The highest BCUT2D eigenvalue weighted by molar-refractivity contribution is 5.40. The SMILES string of the molecule is CCC(CC)(CNC(C)C)CC1Cc2cc(C)ccc2O1. The van der Waals surface area contributed by atoms with Crippen molar-refractivity contribution in [2.45, 2.75) is 72.4 Å². The maximum atomic E-state index is 6.20. The Balaban J connectivity index is 2.02. The summed E-state index contributed by atoms with van der Waals surface area (Å²) in [6.07, 6.45) is 4.97. The smallest absolute Gasteiger partial charge is 0.123 e. The molecular formula is C19H31NO. The summed E-state index contributed by atoms with van der Waals surface area (Å²) < 4.78 is 6.20. The van der Waals surface area contributed by atoms with Gasteiger partial charge in [0.15, 0.2) is 0 Å². The fraction of sp³-hybridized carbons (Fsp3) is 0.684. The summed E-state index contributed by atoms with van der Waals surface area (Å²) in [4.78, 5) is 0. The predicted octanol–water partition coefficient (Wildman–Crippen LogP) is 4.49. The molecule has 2 rings (SSSR count). The molecule has 1 aromatic carbocycles. The number of nitrogens with one attached hydrogen (secondary N) is 1. The number of rotatable bonds is 7. The largest absolute Gasteiger partial charge is 0.490 e. The van der Waals surface area contributed by atoms with Gasteiger partial charge in [-0.15, -0.1) is 0 Å². The number of hydrogen-bond donors (Lipinski definition) is 1. The summed E-state index contributed by atoms with van der Waals surface area (Å²) in [5.74, 6) is 1.10. The molecule has 1 aromatic rings. The van der Waals surface area contributed by atoms with E-state index in [-0.39, 0.29) is 0 Å². The van der Waals surface area contributed by atoms with Gasteiger partial charge in [-0.1, -0.05) is 45.4 Å². The van der Waals surface area contributed by atoms with Crippen molar-refractivity contribution in [1.82, 2.24) is 5.32 Å². The van der Waals surface area contributed by atoms with E-state index >= 15 is 0 Å². The molecule has 0 spiro atoms. The molecule has 0 aromatic heterocycles. The quantitative estimate of drug-likeness (QED) is 0.798. The van der Waals surface area contributed by atoms with Crippen molar-refractivity contribution in [3.63, 3.8) is 0 Å². The molecular weight excluding hydrogens is 258 g/mol. The lowest BCUT2D eigenvalue weighted by Gasteiger charge is -2.35. The van der Waals surface area contributed by atoms with Gasteiger partial charge in [-0.2, -0.15) is 0 Å². The predicted molar refractivity (Wildman–Crippen MR) is 90.1 cm³/mol. The Morgan fingerprint density at radius 1 is 1.29 bits per heavy atom. The maximum Gasteiger partial charge on any atom is 0.123 e. The zero-order valence-electron chi connectivity index (χ0n) is 14.3. The molecule has 1 aliphatic rings. The lowest BCUT2D eigenvalue weighted by Crippen LogP contribution is -2.40. The van der Waals surface area contributed by atoms with Crippen LogP contribution in [0.25, 0.3) is 0 Å². The molecule has 0 radical (unpaired) electrons.